The number of imidazole rings is 1. The van der Waals surface area contributed by atoms with Crippen LogP contribution in [0.3, 0.4) is 0 Å². The molecule has 0 saturated heterocycles. The summed E-state index contributed by atoms with van der Waals surface area (Å²) in [6.07, 6.45) is 0. The number of rotatable bonds is 2. The van der Waals surface area contributed by atoms with Crippen LogP contribution in [0.4, 0.5) is 0 Å². The van der Waals surface area contributed by atoms with Crippen LogP contribution in [0.2, 0.25) is 0 Å². The van der Waals surface area contributed by atoms with Crippen molar-refractivity contribution in [3.8, 4) is 17.1 Å². The number of hydrogen-bond donors (Lipinski definition) is 0. The summed E-state index contributed by atoms with van der Waals surface area (Å²) in [6.45, 7) is 9.02. The molecule has 0 aliphatic heterocycles. The molecule has 31 heavy (non-hydrogen) atoms. The highest BCUT2D eigenvalue weighted by molar-refractivity contribution is 5.90. The molecule has 1 aromatic heterocycles. The summed E-state index contributed by atoms with van der Waals surface area (Å²) in [7, 11) is 2.19. The van der Waals surface area contributed by atoms with E-state index in [4.69, 9.17) is 0 Å². The van der Waals surface area contributed by atoms with Crippen molar-refractivity contribution in [1.82, 2.24) is 4.57 Å². The lowest BCUT2D eigenvalue weighted by atomic mass is 9.87. The molecule has 0 aliphatic carbocycles. The van der Waals surface area contributed by atoms with Gasteiger partial charge in [0.25, 0.3) is 5.82 Å². The van der Waals surface area contributed by atoms with Crippen molar-refractivity contribution in [2.75, 3.05) is 0 Å². The second-order valence-electron chi connectivity index (χ2n) is 9.48. The van der Waals surface area contributed by atoms with E-state index in [0.717, 1.165) is 0 Å². The minimum Gasteiger partial charge on any atom is -0.225 e. The largest absolute Gasteiger partial charge is 0.295 e. The quantitative estimate of drug-likeness (QED) is 0.283. The maximum Gasteiger partial charge on any atom is 0.295 e. The first kappa shape index (κ1) is 19.6. The van der Waals surface area contributed by atoms with Gasteiger partial charge in [0.05, 0.1) is 12.6 Å². The van der Waals surface area contributed by atoms with Gasteiger partial charge in [-0.2, -0.15) is 4.57 Å². The molecular weight excluding hydrogens is 376 g/mol. The highest BCUT2D eigenvalue weighted by Crippen LogP contribution is 2.31. The summed E-state index contributed by atoms with van der Waals surface area (Å²) in [5.41, 5.74) is 7.67. The van der Waals surface area contributed by atoms with Gasteiger partial charge >= 0.3 is 0 Å². The molecule has 0 bridgehead atoms. The first-order valence-electron chi connectivity index (χ1n) is 11.0. The standard InChI is InChI=1S/C29H29N2/c1-20-11-6-8-14-23(20)28-30(5)27-19-22(29(2,3)4)17-18-26(27)31(28)25-16-10-13-21-12-7-9-15-24(21)25/h6-19H,1-5H3/q+1. The normalized spacial score (nSPS) is 12.0. The van der Waals surface area contributed by atoms with Gasteiger partial charge in [0.1, 0.15) is 5.69 Å². The molecule has 1 heterocycles. The maximum absolute atomic E-state index is 2.44. The third-order valence-electron chi connectivity index (χ3n) is 6.37. The van der Waals surface area contributed by atoms with Crippen LogP contribution in [0.25, 0.3) is 38.9 Å². The molecule has 4 aromatic carbocycles. The van der Waals surface area contributed by atoms with E-state index >= 15 is 0 Å². The second-order valence-corrected chi connectivity index (χ2v) is 9.48. The molecule has 0 unspecified atom stereocenters. The van der Waals surface area contributed by atoms with Crippen LogP contribution in [0, 0.1) is 6.92 Å². The topological polar surface area (TPSA) is 8.81 Å². The summed E-state index contributed by atoms with van der Waals surface area (Å²) in [5, 5.41) is 2.52. The van der Waals surface area contributed by atoms with Crippen molar-refractivity contribution in [1.29, 1.82) is 0 Å². The number of hydrogen-bond acceptors (Lipinski definition) is 0. The number of aromatic nitrogens is 2. The van der Waals surface area contributed by atoms with Crippen LogP contribution in [-0.2, 0) is 12.5 Å². The van der Waals surface area contributed by atoms with Crippen molar-refractivity contribution in [2.24, 2.45) is 7.05 Å². The van der Waals surface area contributed by atoms with E-state index in [1.165, 1.54) is 50.0 Å². The summed E-state index contributed by atoms with van der Waals surface area (Å²) >= 11 is 0. The number of nitrogens with zero attached hydrogens (tertiary/aromatic N) is 2. The van der Waals surface area contributed by atoms with E-state index in [9.17, 15) is 0 Å². The van der Waals surface area contributed by atoms with E-state index in [1.54, 1.807) is 0 Å². The fraction of sp³-hybridized carbons (Fsp3) is 0.207. The Hall–Kier alpha value is -3.39. The molecule has 0 amide bonds. The molecule has 0 radical (unpaired) electrons. The molecule has 2 nitrogen and oxygen atoms in total. The molecule has 0 aliphatic rings. The van der Waals surface area contributed by atoms with Crippen LogP contribution < -0.4 is 4.57 Å². The second kappa shape index (κ2) is 7.09. The molecule has 0 spiro atoms. The molecule has 5 aromatic rings. The first-order chi connectivity index (χ1) is 14.9. The highest BCUT2D eigenvalue weighted by atomic mass is 15.2. The SMILES string of the molecule is Cc1ccccc1-c1n(C)c2cc(C(C)(C)C)ccc2[n+]1-c1cccc2ccccc12. The Labute approximate surface area is 184 Å². The Kier molecular flexibility index (Phi) is 4.48. The van der Waals surface area contributed by atoms with Crippen LogP contribution in [0.5, 0.6) is 0 Å². The van der Waals surface area contributed by atoms with Gasteiger partial charge < -0.3 is 0 Å². The van der Waals surface area contributed by atoms with E-state index < -0.39 is 0 Å². The van der Waals surface area contributed by atoms with Crippen molar-refractivity contribution < 1.29 is 4.57 Å². The Balaban J connectivity index is 1.95. The van der Waals surface area contributed by atoms with Gasteiger partial charge in [-0.1, -0.05) is 81.4 Å². The first-order valence-corrected chi connectivity index (χ1v) is 11.0. The van der Waals surface area contributed by atoms with Crippen LogP contribution in [0.15, 0.2) is 84.9 Å². The Morgan fingerprint density at radius 1 is 0.774 bits per heavy atom. The fourth-order valence-electron chi connectivity index (χ4n) is 4.60. The van der Waals surface area contributed by atoms with E-state index in [1.807, 2.05) is 0 Å². The molecule has 2 heteroatoms. The van der Waals surface area contributed by atoms with E-state index in [2.05, 4.69) is 129 Å². The van der Waals surface area contributed by atoms with Gasteiger partial charge in [-0.3, -0.25) is 0 Å². The zero-order valence-corrected chi connectivity index (χ0v) is 19.0. The summed E-state index contributed by atoms with van der Waals surface area (Å²) in [5.74, 6) is 1.20. The van der Waals surface area contributed by atoms with E-state index in [0.29, 0.717) is 0 Å². The summed E-state index contributed by atoms with van der Waals surface area (Å²) in [6, 6.07) is 30.8. The lowest BCUT2D eigenvalue weighted by molar-refractivity contribution is -0.554. The summed E-state index contributed by atoms with van der Waals surface area (Å²) < 4.78 is 4.79. The maximum atomic E-state index is 2.44. The molecular formula is C29H29N2+. The third-order valence-corrected chi connectivity index (χ3v) is 6.37. The molecule has 0 N–H and O–H groups in total. The number of benzene rings is 4. The van der Waals surface area contributed by atoms with Gasteiger partial charge in [0.15, 0.2) is 11.0 Å². The minimum absolute atomic E-state index is 0.103. The molecule has 0 fully saturated rings. The Bertz CT molecular complexity index is 1430. The summed E-state index contributed by atoms with van der Waals surface area (Å²) in [4.78, 5) is 0. The van der Waals surface area contributed by atoms with Gasteiger partial charge in [0.2, 0.25) is 0 Å². The zero-order valence-electron chi connectivity index (χ0n) is 19.0. The van der Waals surface area contributed by atoms with Gasteiger partial charge in [-0.05, 0) is 53.1 Å². The smallest absolute Gasteiger partial charge is 0.225 e. The third kappa shape index (κ3) is 3.14. The Morgan fingerprint density at radius 2 is 1.48 bits per heavy atom. The van der Waals surface area contributed by atoms with Crippen molar-refractivity contribution in [3.63, 3.8) is 0 Å². The molecule has 5 rings (SSSR count). The van der Waals surface area contributed by atoms with Crippen molar-refractivity contribution in [3.05, 3.63) is 96.1 Å². The fourth-order valence-corrected chi connectivity index (χ4v) is 4.60. The average molecular weight is 406 g/mol. The highest BCUT2D eigenvalue weighted by Gasteiger charge is 2.29. The van der Waals surface area contributed by atoms with Gasteiger partial charge in [0, 0.05) is 5.39 Å². The number of aryl methyl sites for hydroxylation is 2. The van der Waals surface area contributed by atoms with Crippen LogP contribution in [0.1, 0.15) is 31.9 Å². The number of fused-ring (bicyclic) bond motifs is 2. The van der Waals surface area contributed by atoms with Crippen LogP contribution >= 0.6 is 0 Å². The molecule has 0 saturated carbocycles. The lowest BCUT2D eigenvalue weighted by Crippen LogP contribution is -2.33. The Morgan fingerprint density at radius 3 is 2.26 bits per heavy atom. The zero-order chi connectivity index (χ0) is 21.8. The minimum atomic E-state index is 0.103. The lowest BCUT2D eigenvalue weighted by Gasteiger charge is -2.18. The van der Waals surface area contributed by atoms with Crippen LogP contribution in [-0.4, -0.2) is 4.57 Å². The predicted molar refractivity (Wildman–Crippen MR) is 131 cm³/mol. The van der Waals surface area contributed by atoms with Gasteiger partial charge in [-0.25, -0.2) is 4.57 Å². The van der Waals surface area contributed by atoms with Crippen molar-refractivity contribution >= 4 is 21.8 Å². The van der Waals surface area contributed by atoms with E-state index in [-0.39, 0.29) is 5.41 Å². The van der Waals surface area contributed by atoms with Gasteiger partial charge in [-0.15, -0.1) is 0 Å². The monoisotopic (exact) mass is 405 g/mol. The average Bonchev–Trinajstić information content (AvgIpc) is 3.05. The molecule has 154 valence electrons. The van der Waals surface area contributed by atoms with Crippen molar-refractivity contribution in [2.45, 2.75) is 33.1 Å². The predicted octanol–water partition coefficient (Wildman–Crippen LogP) is 6.88. The molecule has 0 atom stereocenters.